The van der Waals surface area contributed by atoms with Crippen LogP contribution in [-0.2, 0) is 11.3 Å². The Bertz CT molecular complexity index is 356. The molecule has 0 spiro atoms. The Morgan fingerprint density at radius 1 is 1.50 bits per heavy atom. The largest absolute Gasteiger partial charge is 0.480 e. The van der Waals surface area contributed by atoms with Crippen LogP contribution < -0.4 is 0 Å². The summed E-state index contributed by atoms with van der Waals surface area (Å²) in [4.78, 5) is 21.2. The van der Waals surface area contributed by atoms with Gasteiger partial charge in [-0.2, -0.15) is 0 Å². The van der Waals surface area contributed by atoms with Crippen LogP contribution in [0.25, 0.3) is 0 Å². The number of carbonyl (C=O) groups is 1. The van der Waals surface area contributed by atoms with Gasteiger partial charge in [0.05, 0.1) is 5.69 Å². The van der Waals surface area contributed by atoms with Gasteiger partial charge >= 0.3 is 5.97 Å². The number of hydrogen-bond donors (Lipinski definition) is 1. The molecule has 1 aromatic rings. The zero-order valence-corrected chi connectivity index (χ0v) is 9.04. The molecule has 0 aliphatic carbocycles. The molecule has 1 saturated heterocycles. The monoisotopic (exact) mass is 221 g/mol. The van der Waals surface area contributed by atoms with E-state index < -0.39 is 5.97 Å². The SMILES string of the molecule is O=C(O)C1CCCCN1Cc1cnccn1. The molecule has 0 radical (unpaired) electrons. The van der Waals surface area contributed by atoms with Crippen LogP contribution in [0, 0.1) is 0 Å². The molecule has 0 bridgehead atoms. The van der Waals surface area contributed by atoms with Crippen molar-refractivity contribution in [2.24, 2.45) is 0 Å². The summed E-state index contributed by atoms with van der Waals surface area (Å²) >= 11 is 0. The molecule has 2 rings (SSSR count). The van der Waals surface area contributed by atoms with Gasteiger partial charge in [-0.3, -0.25) is 19.7 Å². The number of piperidine rings is 1. The summed E-state index contributed by atoms with van der Waals surface area (Å²) in [7, 11) is 0. The van der Waals surface area contributed by atoms with Crippen molar-refractivity contribution >= 4 is 5.97 Å². The van der Waals surface area contributed by atoms with Crippen LogP contribution in [0.4, 0.5) is 0 Å². The Morgan fingerprint density at radius 2 is 2.38 bits per heavy atom. The van der Waals surface area contributed by atoms with Crippen molar-refractivity contribution in [2.75, 3.05) is 6.54 Å². The second kappa shape index (κ2) is 5.03. The molecule has 0 saturated carbocycles. The van der Waals surface area contributed by atoms with E-state index in [4.69, 9.17) is 5.11 Å². The Morgan fingerprint density at radius 3 is 3.06 bits per heavy atom. The van der Waals surface area contributed by atoms with E-state index in [-0.39, 0.29) is 6.04 Å². The highest BCUT2D eigenvalue weighted by Gasteiger charge is 2.28. The minimum absolute atomic E-state index is 0.365. The van der Waals surface area contributed by atoms with E-state index in [0.29, 0.717) is 6.54 Å². The van der Waals surface area contributed by atoms with E-state index in [1.807, 2.05) is 4.90 Å². The number of aliphatic carboxylic acids is 1. The standard InChI is InChI=1S/C11H15N3O2/c15-11(16)10-3-1-2-6-14(10)8-9-7-12-4-5-13-9/h4-5,7,10H,1-3,6,8H2,(H,15,16). The third kappa shape index (κ3) is 2.55. The number of nitrogens with zero attached hydrogens (tertiary/aromatic N) is 3. The predicted molar refractivity (Wildman–Crippen MR) is 57.7 cm³/mol. The fraction of sp³-hybridized carbons (Fsp3) is 0.545. The topological polar surface area (TPSA) is 66.3 Å². The molecule has 1 N–H and O–H groups in total. The summed E-state index contributed by atoms with van der Waals surface area (Å²) in [6.45, 7) is 1.40. The van der Waals surface area contributed by atoms with Gasteiger partial charge in [-0.1, -0.05) is 6.42 Å². The van der Waals surface area contributed by atoms with Crippen LogP contribution >= 0.6 is 0 Å². The van der Waals surface area contributed by atoms with Crippen molar-refractivity contribution in [1.82, 2.24) is 14.9 Å². The first kappa shape index (κ1) is 11.0. The summed E-state index contributed by atoms with van der Waals surface area (Å²) in [5.74, 6) is -0.733. The third-order valence-electron chi connectivity index (χ3n) is 2.88. The van der Waals surface area contributed by atoms with Crippen molar-refractivity contribution < 1.29 is 9.90 Å². The average Bonchev–Trinajstić information content (AvgIpc) is 2.31. The second-order valence-corrected chi connectivity index (χ2v) is 4.02. The predicted octanol–water partition coefficient (Wildman–Crippen LogP) is 0.916. The zero-order valence-electron chi connectivity index (χ0n) is 9.04. The maximum atomic E-state index is 11.1. The Hall–Kier alpha value is -1.49. The van der Waals surface area contributed by atoms with Crippen LogP contribution in [0.15, 0.2) is 18.6 Å². The number of carboxylic acid groups (broad SMARTS) is 1. The summed E-state index contributed by atoms with van der Waals surface area (Å²) in [6, 6.07) is -0.365. The number of likely N-dealkylation sites (tertiary alicyclic amines) is 1. The quantitative estimate of drug-likeness (QED) is 0.822. The van der Waals surface area contributed by atoms with Crippen LogP contribution in [0.3, 0.4) is 0 Å². The summed E-state index contributed by atoms with van der Waals surface area (Å²) < 4.78 is 0. The lowest BCUT2D eigenvalue weighted by Crippen LogP contribution is -2.44. The van der Waals surface area contributed by atoms with Gasteiger partial charge < -0.3 is 5.11 Å². The van der Waals surface area contributed by atoms with Gasteiger partial charge in [0.1, 0.15) is 6.04 Å². The molecule has 1 aliphatic rings. The van der Waals surface area contributed by atoms with Gasteiger partial charge in [-0.25, -0.2) is 0 Å². The van der Waals surface area contributed by atoms with Crippen molar-refractivity contribution in [3.8, 4) is 0 Å². The molecule has 0 aromatic carbocycles. The fourth-order valence-corrected chi connectivity index (χ4v) is 2.08. The van der Waals surface area contributed by atoms with Crippen LogP contribution in [0.5, 0.6) is 0 Å². The maximum Gasteiger partial charge on any atom is 0.320 e. The molecule has 1 atom stereocenters. The van der Waals surface area contributed by atoms with Crippen LogP contribution in [-0.4, -0.2) is 38.5 Å². The smallest absolute Gasteiger partial charge is 0.320 e. The Balaban J connectivity index is 2.04. The Kier molecular flexibility index (Phi) is 3.46. The molecule has 0 amide bonds. The first-order valence-corrected chi connectivity index (χ1v) is 5.49. The highest BCUT2D eigenvalue weighted by Crippen LogP contribution is 2.18. The lowest BCUT2D eigenvalue weighted by atomic mass is 10.0. The molecule has 1 aliphatic heterocycles. The number of rotatable bonds is 3. The molecular weight excluding hydrogens is 206 g/mol. The minimum atomic E-state index is -0.733. The first-order chi connectivity index (χ1) is 7.77. The molecule has 5 nitrogen and oxygen atoms in total. The van der Waals surface area contributed by atoms with Gasteiger partial charge in [0.25, 0.3) is 0 Å². The lowest BCUT2D eigenvalue weighted by molar-refractivity contribution is -0.144. The molecule has 2 heterocycles. The van der Waals surface area contributed by atoms with Gasteiger partial charge in [0, 0.05) is 25.1 Å². The van der Waals surface area contributed by atoms with Crippen molar-refractivity contribution in [1.29, 1.82) is 0 Å². The van der Waals surface area contributed by atoms with E-state index in [9.17, 15) is 4.79 Å². The van der Waals surface area contributed by atoms with Crippen LogP contribution in [0.1, 0.15) is 25.0 Å². The third-order valence-corrected chi connectivity index (χ3v) is 2.88. The summed E-state index contributed by atoms with van der Waals surface area (Å²) in [5.41, 5.74) is 0.829. The van der Waals surface area contributed by atoms with E-state index >= 15 is 0 Å². The number of aromatic nitrogens is 2. The van der Waals surface area contributed by atoms with Gasteiger partial charge in [0.2, 0.25) is 0 Å². The van der Waals surface area contributed by atoms with Gasteiger partial charge in [-0.15, -0.1) is 0 Å². The number of carboxylic acids is 1. The molecule has 86 valence electrons. The van der Waals surface area contributed by atoms with Crippen molar-refractivity contribution in [2.45, 2.75) is 31.8 Å². The molecule has 1 aromatic heterocycles. The summed E-state index contributed by atoms with van der Waals surface area (Å²) in [5, 5.41) is 9.11. The molecular formula is C11H15N3O2. The van der Waals surface area contributed by atoms with Gasteiger partial charge in [-0.05, 0) is 19.4 Å². The fourth-order valence-electron chi connectivity index (χ4n) is 2.08. The maximum absolute atomic E-state index is 11.1. The molecule has 1 unspecified atom stereocenters. The second-order valence-electron chi connectivity index (χ2n) is 4.02. The highest BCUT2D eigenvalue weighted by atomic mass is 16.4. The summed E-state index contributed by atoms with van der Waals surface area (Å²) in [6.07, 6.45) is 7.73. The number of hydrogen-bond acceptors (Lipinski definition) is 4. The normalized spacial score (nSPS) is 21.9. The molecule has 1 fully saturated rings. The van der Waals surface area contributed by atoms with E-state index in [0.717, 1.165) is 31.5 Å². The first-order valence-electron chi connectivity index (χ1n) is 5.49. The zero-order chi connectivity index (χ0) is 11.4. The highest BCUT2D eigenvalue weighted by molar-refractivity contribution is 5.73. The van der Waals surface area contributed by atoms with Crippen molar-refractivity contribution in [3.63, 3.8) is 0 Å². The molecule has 5 heteroatoms. The van der Waals surface area contributed by atoms with Gasteiger partial charge in [0.15, 0.2) is 0 Å². The van der Waals surface area contributed by atoms with E-state index in [2.05, 4.69) is 9.97 Å². The van der Waals surface area contributed by atoms with E-state index in [1.54, 1.807) is 18.6 Å². The Labute approximate surface area is 94.1 Å². The average molecular weight is 221 g/mol. The van der Waals surface area contributed by atoms with Crippen LogP contribution in [0.2, 0.25) is 0 Å². The van der Waals surface area contributed by atoms with Crippen molar-refractivity contribution in [3.05, 3.63) is 24.3 Å². The van der Waals surface area contributed by atoms with E-state index in [1.165, 1.54) is 0 Å². The minimum Gasteiger partial charge on any atom is -0.480 e. The lowest BCUT2D eigenvalue weighted by Gasteiger charge is -2.32. The molecule has 16 heavy (non-hydrogen) atoms.